The molecule has 6 heterocycles. The first-order valence-corrected chi connectivity index (χ1v) is 28.8. The molecule has 0 radical (unpaired) electrons. The van der Waals surface area contributed by atoms with Gasteiger partial charge in [-0.25, -0.2) is 13.1 Å². The number of nitrogens with zero attached hydrogens (tertiary/aromatic N) is 3. The number of alkyl halides is 3. The fourth-order valence-corrected chi connectivity index (χ4v) is 13.2. The predicted molar refractivity (Wildman–Crippen MR) is 303 cm³/mol. The number of para-hydroxylation sites is 6. The highest BCUT2D eigenvalue weighted by atomic mass is 32.2. The zero-order valence-corrected chi connectivity index (χ0v) is 44.7. The summed E-state index contributed by atoms with van der Waals surface area (Å²) in [5, 5.41) is 10.0. The van der Waals surface area contributed by atoms with E-state index in [0.717, 1.165) is 93.8 Å². The summed E-state index contributed by atoms with van der Waals surface area (Å²) in [4.78, 5) is 6.94. The van der Waals surface area contributed by atoms with Crippen LogP contribution in [0.3, 0.4) is 0 Å². The van der Waals surface area contributed by atoms with E-state index >= 15 is 0 Å². The van der Waals surface area contributed by atoms with Gasteiger partial charge in [-0.2, -0.15) is 0 Å². The van der Waals surface area contributed by atoms with E-state index in [1.165, 1.54) is 56.1 Å². The summed E-state index contributed by atoms with van der Waals surface area (Å²) >= 11 is 0. The average molecular weight is 1090 g/mol. The van der Waals surface area contributed by atoms with Gasteiger partial charge in [-0.05, 0) is 145 Å². The average Bonchev–Trinajstić information content (AvgIpc) is 4.01. The second-order valence-electron chi connectivity index (χ2n) is 20.8. The van der Waals surface area contributed by atoms with Gasteiger partial charge in [-0.15, -0.1) is 13.2 Å². The van der Waals surface area contributed by atoms with Gasteiger partial charge >= 0.3 is 6.36 Å². The van der Waals surface area contributed by atoms with Crippen molar-refractivity contribution in [3.8, 4) is 5.75 Å². The van der Waals surface area contributed by atoms with E-state index in [0.29, 0.717) is 26.2 Å². The zero-order chi connectivity index (χ0) is 54.3. The van der Waals surface area contributed by atoms with E-state index in [9.17, 15) is 26.7 Å². The van der Waals surface area contributed by atoms with Gasteiger partial charge in [0.15, 0.2) is 0 Å². The number of aliphatic hydroxyl groups excluding tert-OH is 1. The molecule has 3 unspecified atom stereocenters. The predicted octanol–water partition coefficient (Wildman–Crippen LogP) is 11.9. The van der Waals surface area contributed by atoms with E-state index in [1.807, 2.05) is 24.3 Å². The van der Waals surface area contributed by atoms with E-state index in [2.05, 4.69) is 158 Å². The van der Waals surface area contributed by atoms with Crippen LogP contribution in [0.2, 0.25) is 0 Å². The van der Waals surface area contributed by atoms with Gasteiger partial charge in [0, 0.05) is 40.2 Å². The minimum atomic E-state index is -4.85. The maximum atomic E-state index is 13.0. The topological polar surface area (TPSA) is 113 Å². The van der Waals surface area contributed by atoms with Gasteiger partial charge in [0.25, 0.3) is 0 Å². The summed E-state index contributed by atoms with van der Waals surface area (Å²) in [5.74, 6) is -0.485. The van der Waals surface area contributed by atoms with Crippen LogP contribution >= 0.6 is 0 Å². The van der Waals surface area contributed by atoms with E-state index in [-0.39, 0.29) is 35.7 Å². The number of rotatable bonds is 7. The Labute approximate surface area is 460 Å². The Morgan fingerprint density at radius 3 is 1.27 bits per heavy atom. The fraction of sp³-hybridized carbons (Fsp3) is 0.312. The highest BCUT2D eigenvalue weighted by Crippen LogP contribution is 2.42. The number of halogens is 3. The summed E-state index contributed by atoms with van der Waals surface area (Å²) in [6, 6.07) is 55.1. The van der Waals surface area contributed by atoms with Crippen molar-refractivity contribution in [1.29, 1.82) is 0 Å². The third-order valence-corrected chi connectivity index (χ3v) is 17.0. The highest BCUT2D eigenvalue weighted by Gasteiger charge is 2.36. The van der Waals surface area contributed by atoms with Crippen molar-refractivity contribution in [3.63, 3.8) is 0 Å². The Morgan fingerprint density at radius 2 is 0.873 bits per heavy atom. The smallest absolute Gasteiger partial charge is 0.406 e. The molecule has 2 N–H and O–H groups in total. The Morgan fingerprint density at radius 1 is 0.481 bits per heavy atom. The summed E-state index contributed by atoms with van der Waals surface area (Å²) < 4.78 is 86.9. The van der Waals surface area contributed by atoms with E-state index < -0.39 is 28.2 Å². The molecular weight excluding hydrogens is 1030 g/mol. The van der Waals surface area contributed by atoms with Crippen LogP contribution in [0.5, 0.6) is 5.75 Å². The minimum absolute atomic E-state index is 0.116. The first-order valence-electron chi connectivity index (χ1n) is 27.3. The van der Waals surface area contributed by atoms with Crippen LogP contribution in [-0.2, 0) is 62.8 Å². The molecule has 2 fully saturated rings. The maximum Gasteiger partial charge on any atom is 0.573 e. The van der Waals surface area contributed by atoms with Crippen LogP contribution in [0.4, 0.5) is 47.3 Å². The van der Waals surface area contributed by atoms with Gasteiger partial charge in [-0.1, -0.05) is 121 Å². The normalized spacial score (nSPS) is 21.5. The third kappa shape index (κ3) is 12.6. The molecule has 0 aliphatic carbocycles. The third-order valence-electron chi connectivity index (χ3n) is 15.5. The fourth-order valence-electron chi connectivity index (χ4n) is 11.9. The lowest BCUT2D eigenvalue weighted by Gasteiger charge is -2.39. The Balaban J connectivity index is 0.000000132. The van der Waals surface area contributed by atoms with Crippen LogP contribution in [0.15, 0.2) is 187 Å². The molecule has 13 rings (SSSR count). The molecule has 6 aliphatic heterocycles. The van der Waals surface area contributed by atoms with Crippen molar-refractivity contribution in [2.24, 2.45) is 0 Å². The standard InChI is InChI=1S/C26H25F3N2O4S.C19H21NO2.C19H19NO/c27-26(28,29)35-22-11-13-23(14-12-22)36(32,33)30-20-15-21(17-34-16-20)31-24-7-3-1-5-18(24)9-10-19-6-2-4-8-25(19)31;21-17-11-16(12-22-13-17)20-18-7-3-1-5-14(18)9-10-15-6-2-4-8-19(15)20;1-3-9-18-15(6-1)11-12-16-7-2-4-10-19(16)20(18)17-8-5-13-21-14-17/h1-8,11-14,20-21,30H,9-10,15-17H2;1-8,16-17,21H,9-13H2;1-10,17H,11-14H2/t20-,21?;16?,17-;/m01./s1. The first-order chi connectivity index (χ1) is 38.5. The molecular formula is C64H65F3N4O7S. The summed E-state index contributed by atoms with van der Waals surface area (Å²) in [6.45, 7) is 3.23. The molecule has 15 heteroatoms. The maximum absolute atomic E-state index is 13.0. The molecule has 6 aliphatic rings. The lowest BCUT2D eigenvalue weighted by Crippen LogP contribution is -2.50. The van der Waals surface area contributed by atoms with Crippen molar-refractivity contribution in [2.45, 2.75) is 92.9 Å². The number of aryl methyl sites for hydroxylation is 6. The van der Waals surface area contributed by atoms with E-state index in [1.54, 1.807) is 0 Å². The van der Waals surface area contributed by atoms with Gasteiger partial charge in [-0.3, -0.25) is 0 Å². The monoisotopic (exact) mass is 1090 g/mol. The quantitative estimate of drug-likeness (QED) is 0.150. The molecule has 7 aromatic rings. The van der Waals surface area contributed by atoms with Gasteiger partial charge in [0.2, 0.25) is 10.0 Å². The number of fused-ring (bicyclic) bond motifs is 6. The van der Waals surface area contributed by atoms with Gasteiger partial charge in [0.1, 0.15) is 5.75 Å². The molecule has 7 aromatic carbocycles. The molecule has 410 valence electrons. The molecule has 2 saturated heterocycles. The number of anilines is 6. The second-order valence-corrected chi connectivity index (χ2v) is 22.5. The number of benzene rings is 7. The zero-order valence-electron chi connectivity index (χ0n) is 43.9. The SMILES string of the molecule is C1=CC(N2c3ccccc3CCc3ccccc32)COC1.O=S(=O)(N[C@@H]1COCC(N2c3ccccc3CCc3ccccc32)C1)c1ccc(OC(F)(F)F)cc1.O[C@H]1COCC(N2c3ccccc3CCc3ccccc32)C1. The van der Waals surface area contributed by atoms with Crippen LogP contribution in [0.25, 0.3) is 0 Å². The summed E-state index contributed by atoms with van der Waals surface area (Å²) in [5.41, 5.74) is 15.4. The van der Waals surface area contributed by atoms with Gasteiger partial charge < -0.3 is 38.8 Å². The van der Waals surface area contributed by atoms with Crippen LogP contribution in [0, 0.1) is 0 Å². The number of hydrogen-bond acceptors (Lipinski definition) is 10. The van der Waals surface area contributed by atoms with E-state index in [4.69, 9.17) is 14.2 Å². The molecule has 79 heavy (non-hydrogen) atoms. The molecule has 0 spiro atoms. The molecule has 0 saturated carbocycles. The second kappa shape index (κ2) is 24.2. The van der Waals surface area contributed by atoms with Crippen molar-refractivity contribution in [3.05, 3.63) is 215 Å². The molecule has 0 aromatic heterocycles. The number of sulfonamides is 1. The number of nitrogens with one attached hydrogen (secondary N) is 1. The van der Waals surface area contributed by atoms with Crippen molar-refractivity contribution < 1.29 is 45.6 Å². The van der Waals surface area contributed by atoms with Crippen molar-refractivity contribution in [2.75, 3.05) is 54.3 Å². The van der Waals surface area contributed by atoms with Crippen LogP contribution < -0.4 is 24.2 Å². The molecule has 0 bridgehead atoms. The minimum Gasteiger partial charge on any atom is -0.406 e. The van der Waals surface area contributed by atoms with Gasteiger partial charge in [0.05, 0.1) is 68.8 Å². The molecule has 11 nitrogen and oxygen atoms in total. The number of ether oxygens (including phenoxy) is 4. The Bertz CT molecular complexity index is 3220. The van der Waals surface area contributed by atoms with Crippen LogP contribution in [-0.4, -0.2) is 89.8 Å². The Hall–Kier alpha value is -6.98. The molecule has 0 amide bonds. The lowest BCUT2D eigenvalue weighted by atomic mass is 10.0. The van der Waals surface area contributed by atoms with Crippen LogP contribution in [0.1, 0.15) is 46.2 Å². The lowest BCUT2D eigenvalue weighted by molar-refractivity contribution is -0.274. The summed E-state index contributed by atoms with van der Waals surface area (Å²) in [6.07, 6.45) is 6.55. The molecule has 5 atom stereocenters. The largest absolute Gasteiger partial charge is 0.573 e. The van der Waals surface area contributed by atoms with Crippen molar-refractivity contribution >= 4 is 44.1 Å². The number of hydrogen-bond donors (Lipinski definition) is 2. The summed E-state index contributed by atoms with van der Waals surface area (Å²) in [7, 11) is -3.99. The Kier molecular flexibility index (Phi) is 16.5. The highest BCUT2D eigenvalue weighted by molar-refractivity contribution is 7.89. The first kappa shape index (κ1) is 54.0. The van der Waals surface area contributed by atoms with Crippen molar-refractivity contribution in [1.82, 2.24) is 4.72 Å². The number of aliphatic hydroxyl groups is 1.